The molecule has 0 bridgehead atoms. The Kier molecular flexibility index (Phi) is 8.42. The summed E-state index contributed by atoms with van der Waals surface area (Å²) in [6.45, 7) is 4.20. The molecule has 1 aliphatic rings. The molecular weight excluding hydrogens is 520 g/mol. The zero-order valence-corrected chi connectivity index (χ0v) is 24.1. The maximum Gasteiger partial charge on any atom is 0.301 e. The lowest BCUT2D eigenvalue weighted by Crippen LogP contribution is -2.36. The highest BCUT2D eigenvalue weighted by molar-refractivity contribution is 5.49. The number of aromatic nitrogens is 2. The van der Waals surface area contributed by atoms with Crippen molar-refractivity contribution in [1.29, 1.82) is 0 Å². The van der Waals surface area contributed by atoms with Gasteiger partial charge in [-0.05, 0) is 60.2 Å². The molecule has 214 valence electrons. The van der Waals surface area contributed by atoms with Crippen LogP contribution in [0.3, 0.4) is 0 Å². The first kappa shape index (κ1) is 28.4. The van der Waals surface area contributed by atoms with Crippen LogP contribution in [0.15, 0.2) is 89.9 Å². The van der Waals surface area contributed by atoms with Crippen molar-refractivity contribution in [3.8, 4) is 17.5 Å². The molecule has 8 nitrogen and oxygen atoms in total. The number of nitrogens with zero attached hydrogens (tertiary/aromatic N) is 2. The summed E-state index contributed by atoms with van der Waals surface area (Å²) in [5, 5.41) is 0. The number of ether oxygens (including phenoxy) is 5. The standard InChI is InChI=1S/C33H36N2O6/c1-22-19-30(35-20-23(2)31(36)34-32(35)39-5)41-29(22)21-40-33(24-9-7-6-8-10-24,25-11-15-27(37-3)16-12-25)26-13-17-28(38-4)18-14-26/h6-18,20,22,29-30H,19,21H2,1-5H3. The largest absolute Gasteiger partial charge is 0.497 e. The quantitative estimate of drug-likeness (QED) is 0.238. The van der Waals surface area contributed by atoms with Crippen LogP contribution in [0.5, 0.6) is 17.5 Å². The second kappa shape index (κ2) is 12.2. The van der Waals surface area contributed by atoms with Crippen LogP contribution in [0.1, 0.15) is 41.8 Å². The highest BCUT2D eigenvalue weighted by Crippen LogP contribution is 2.43. The topological polar surface area (TPSA) is 81.0 Å². The van der Waals surface area contributed by atoms with E-state index in [1.54, 1.807) is 31.9 Å². The lowest BCUT2D eigenvalue weighted by molar-refractivity contribution is -0.0841. The Morgan fingerprint density at radius 2 is 1.41 bits per heavy atom. The second-order valence-electron chi connectivity index (χ2n) is 10.3. The van der Waals surface area contributed by atoms with Crippen LogP contribution in [0.2, 0.25) is 0 Å². The summed E-state index contributed by atoms with van der Waals surface area (Å²) in [7, 11) is 4.82. The Morgan fingerprint density at radius 3 is 1.95 bits per heavy atom. The monoisotopic (exact) mass is 556 g/mol. The highest BCUT2D eigenvalue weighted by Gasteiger charge is 2.41. The van der Waals surface area contributed by atoms with E-state index in [4.69, 9.17) is 23.7 Å². The van der Waals surface area contributed by atoms with E-state index in [-0.39, 0.29) is 29.8 Å². The number of benzene rings is 3. The van der Waals surface area contributed by atoms with Gasteiger partial charge in [-0.25, -0.2) is 0 Å². The minimum Gasteiger partial charge on any atom is -0.497 e. The lowest BCUT2D eigenvalue weighted by Gasteiger charge is -2.37. The molecule has 0 amide bonds. The molecule has 4 aromatic rings. The smallest absolute Gasteiger partial charge is 0.301 e. The molecule has 3 aromatic carbocycles. The van der Waals surface area contributed by atoms with Gasteiger partial charge in [-0.2, -0.15) is 4.98 Å². The van der Waals surface area contributed by atoms with Crippen molar-refractivity contribution in [2.45, 2.75) is 38.2 Å². The fourth-order valence-corrected chi connectivity index (χ4v) is 5.43. The summed E-state index contributed by atoms with van der Waals surface area (Å²) in [5.74, 6) is 1.70. The van der Waals surface area contributed by atoms with Crippen molar-refractivity contribution in [2.24, 2.45) is 5.92 Å². The minimum atomic E-state index is -0.936. The molecule has 1 saturated heterocycles. The van der Waals surface area contributed by atoms with E-state index >= 15 is 0 Å². The van der Waals surface area contributed by atoms with Gasteiger partial charge in [-0.1, -0.05) is 61.5 Å². The molecule has 5 rings (SSSR count). The van der Waals surface area contributed by atoms with Gasteiger partial charge in [0.1, 0.15) is 23.3 Å². The molecule has 0 radical (unpaired) electrons. The molecule has 0 aliphatic carbocycles. The third-order valence-corrected chi connectivity index (χ3v) is 7.76. The number of hydrogen-bond acceptors (Lipinski definition) is 7. The predicted molar refractivity (Wildman–Crippen MR) is 156 cm³/mol. The van der Waals surface area contributed by atoms with Gasteiger partial charge in [0.15, 0.2) is 0 Å². The lowest BCUT2D eigenvalue weighted by atomic mass is 9.80. The Hall–Kier alpha value is -4.14. The summed E-state index contributed by atoms with van der Waals surface area (Å²) >= 11 is 0. The number of hydrogen-bond donors (Lipinski definition) is 0. The SMILES string of the molecule is COc1ccc(C(OCC2OC(n3cc(C)c(=O)nc3OC)CC2C)(c2ccccc2)c2ccc(OC)cc2)cc1. The van der Waals surface area contributed by atoms with Crippen molar-refractivity contribution in [3.63, 3.8) is 0 Å². The molecule has 0 spiro atoms. The first-order valence-corrected chi connectivity index (χ1v) is 13.7. The predicted octanol–water partition coefficient (Wildman–Crippen LogP) is 5.51. The van der Waals surface area contributed by atoms with Crippen molar-refractivity contribution in [2.75, 3.05) is 27.9 Å². The Labute approximate surface area is 240 Å². The van der Waals surface area contributed by atoms with Crippen molar-refractivity contribution >= 4 is 0 Å². The van der Waals surface area contributed by atoms with Gasteiger partial charge < -0.3 is 23.7 Å². The van der Waals surface area contributed by atoms with Gasteiger partial charge in [0.05, 0.1) is 34.0 Å². The van der Waals surface area contributed by atoms with Gasteiger partial charge in [0.2, 0.25) is 0 Å². The van der Waals surface area contributed by atoms with Gasteiger partial charge in [-0.3, -0.25) is 9.36 Å². The first-order valence-electron chi connectivity index (χ1n) is 13.7. The van der Waals surface area contributed by atoms with Gasteiger partial charge in [0, 0.05) is 11.8 Å². The van der Waals surface area contributed by atoms with Crippen LogP contribution in [-0.4, -0.2) is 43.6 Å². The Balaban J connectivity index is 1.53. The van der Waals surface area contributed by atoms with Crippen molar-refractivity contribution < 1.29 is 23.7 Å². The summed E-state index contributed by atoms with van der Waals surface area (Å²) in [5.41, 5.74) is 2.19. The highest BCUT2D eigenvalue weighted by atomic mass is 16.6. The fourth-order valence-electron chi connectivity index (χ4n) is 5.43. The summed E-state index contributed by atoms with van der Waals surface area (Å²) < 4.78 is 31.7. The van der Waals surface area contributed by atoms with Gasteiger partial charge in [-0.15, -0.1) is 0 Å². The molecule has 41 heavy (non-hydrogen) atoms. The number of rotatable bonds is 10. The zero-order chi connectivity index (χ0) is 29.0. The molecule has 1 fully saturated rings. The average molecular weight is 557 g/mol. The molecule has 1 aromatic heterocycles. The van der Waals surface area contributed by atoms with Crippen LogP contribution < -0.4 is 19.8 Å². The van der Waals surface area contributed by atoms with Crippen LogP contribution >= 0.6 is 0 Å². The van der Waals surface area contributed by atoms with Gasteiger partial charge in [0.25, 0.3) is 5.56 Å². The normalized spacial score (nSPS) is 18.7. The van der Waals surface area contributed by atoms with Crippen LogP contribution in [-0.2, 0) is 15.1 Å². The molecule has 2 heterocycles. The summed E-state index contributed by atoms with van der Waals surface area (Å²) in [6, 6.07) is 26.4. The van der Waals surface area contributed by atoms with Gasteiger partial charge >= 0.3 is 6.01 Å². The van der Waals surface area contributed by atoms with E-state index in [1.807, 2.05) is 66.7 Å². The first-order chi connectivity index (χ1) is 19.9. The van der Waals surface area contributed by atoms with E-state index < -0.39 is 5.60 Å². The molecule has 3 atom stereocenters. The fraction of sp³-hybridized carbons (Fsp3) is 0.333. The molecule has 0 N–H and O–H groups in total. The molecule has 3 unspecified atom stereocenters. The zero-order valence-electron chi connectivity index (χ0n) is 24.1. The summed E-state index contributed by atoms with van der Waals surface area (Å²) in [4.78, 5) is 16.2. The van der Waals surface area contributed by atoms with Crippen LogP contribution in [0.4, 0.5) is 0 Å². The van der Waals surface area contributed by atoms with Crippen molar-refractivity contribution in [3.05, 3.63) is 118 Å². The molecule has 8 heteroatoms. The van der Waals surface area contributed by atoms with E-state index in [1.165, 1.54) is 7.11 Å². The summed E-state index contributed by atoms with van der Waals surface area (Å²) in [6.07, 6.45) is 1.91. The van der Waals surface area contributed by atoms with E-state index in [2.05, 4.69) is 24.0 Å². The number of methoxy groups -OCH3 is 3. The van der Waals surface area contributed by atoms with Crippen molar-refractivity contribution in [1.82, 2.24) is 9.55 Å². The molecule has 0 saturated carbocycles. The minimum absolute atomic E-state index is 0.171. The maximum atomic E-state index is 12.1. The van der Waals surface area contributed by atoms with Crippen LogP contribution in [0, 0.1) is 12.8 Å². The van der Waals surface area contributed by atoms with E-state index in [0.717, 1.165) is 34.6 Å². The molecular formula is C33H36N2O6. The Morgan fingerprint density at radius 1 is 0.854 bits per heavy atom. The number of aryl methyl sites for hydroxylation is 1. The second-order valence-corrected chi connectivity index (χ2v) is 10.3. The molecule has 1 aliphatic heterocycles. The van der Waals surface area contributed by atoms with Crippen LogP contribution in [0.25, 0.3) is 0 Å². The third-order valence-electron chi connectivity index (χ3n) is 7.76. The average Bonchev–Trinajstić information content (AvgIpc) is 3.39. The van der Waals surface area contributed by atoms with E-state index in [9.17, 15) is 4.79 Å². The maximum absolute atomic E-state index is 12.1. The van der Waals surface area contributed by atoms with E-state index in [0.29, 0.717) is 12.2 Å². The Bertz CT molecular complexity index is 1450. The third kappa shape index (κ3) is 5.58.